The third kappa shape index (κ3) is 3.72. The van der Waals surface area contributed by atoms with Gasteiger partial charge in [-0.05, 0) is 26.2 Å². The molecule has 0 unspecified atom stereocenters. The molecule has 1 heterocycles. The Bertz CT molecular complexity index is 977. The molecule has 28 heavy (non-hydrogen) atoms. The normalized spacial score (nSPS) is 16.2. The number of halogens is 4. The van der Waals surface area contributed by atoms with Gasteiger partial charge in [-0.3, -0.25) is 14.6 Å². The highest BCUT2D eigenvalue weighted by atomic mass is 19.4. The van der Waals surface area contributed by atoms with Gasteiger partial charge in [0.25, 0.3) is 0 Å². The Morgan fingerprint density at radius 2 is 1.96 bits per heavy atom. The van der Waals surface area contributed by atoms with Crippen LogP contribution in [0.15, 0.2) is 27.6 Å². The van der Waals surface area contributed by atoms with Crippen molar-refractivity contribution in [3.63, 3.8) is 0 Å². The Kier molecular flexibility index (Phi) is 5.16. The molecule has 0 bridgehead atoms. The number of hydrogen-bond donors (Lipinski definition) is 0. The van der Waals surface area contributed by atoms with Crippen molar-refractivity contribution in [1.29, 1.82) is 0 Å². The van der Waals surface area contributed by atoms with Gasteiger partial charge in [-0.2, -0.15) is 13.2 Å². The van der Waals surface area contributed by atoms with Crippen LogP contribution in [0.1, 0.15) is 33.0 Å². The van der Waals surface area contributed by atoms with Crippen molar-refractivity contribution in [3.05, 3.63) is 41.0 Å². The van der Waals surface area contributed by atoms with Crippen LogP contribution in [0.5, 0.6) is 0 Å². The first kappa shape index (κ1) is 19.9. The van der Waals surface area contributed by atoms with Crippen molar-refractivity contribution >= 4 is 17.3 Å². The van der Waals surface area contributed by atoms with E-state index >= 15 is 0 Å². The zero-order chi connectivity index (χ0) is 20.6. The predicted molar refractivity (Wildman–Crippen MR) is 91.0 cm³/mol. The minimum atomic E-state index is -4.88. The number of fused-ring (bicyclic) bond motifs is 1. The fourth-order valence-corrected chi connectivity index (χ4v) is 2.71. The van der Waals surface area contributed by atoms with Crippen molar-refractivity contribution in [2.75, 3.05) is 27.2 Å². The first-order valence-corrected chi connectivity index (χ1v) is 8.22. The van der Waals surface area contributed by atoms with Crippen molar-refractivity contribution in [1.82, 2.24) is 9.88 Å². The van der Waals surface area contributed by atoms with Crippen LogP contribution < -0.4 is 0 Å². The Labute approximate surface area is 156 Å². The van der Waals surface area contributed by atoms with E-state index in [0.29, 0.717) is 12.6 Å². The van der Waals surface area contributed by atoms with Crippen LogP contribution in [0.25, 0.3) is 11.5 Å². The van der Waals surface area contributed by atoms with E-state index in [9.17, 15) is 27.2 Å². The molecule has 1 aromatic heterocycles. The maximum absolute atomic E-state index is 14.1. The topological polar surface area (TPSA) is 75.8 Å². The number of ketones is 2. The molecule has 0 saturated heterocycles. The summed E-state index contributed by atoms with van der Waals surface area (Å²) in [6, 6.07) is 2.38. The summed E-state index contributed by atoms with van der Waals surface area (Å²) in [5, 5.41) is 0. The number of Topliss-reactive ketones (excluding diaryl/α,β-unsaturated/α-hetero) is 2. The van der Waals surface area contributed by atoms with Gasteiger partial charge in [-0.1, -0.05) is 6.07 Å². The molecule has 0 amide bonds. The molecule has 0 spiro atoms. The molecule has 0 N–H and O–H groups in total. The monoisotopic (exact) mass is 397 g/mol. The van der Waals surface area contributed by atoms with Crippen LogP contribution in [0, 0.1) is 5.82 Å². The molecular weight excluding hydrogens is 382 g/mol. The van der Waals surface area contributed by atoms with E-state index in [1.165, 1.54) is 0 Å². The minimum absolute atomic E-state index is 0.0521. The lowest BCUT2D eigenvalue weighted by molar-refractivity contribution is -0.137. The lowest BCUT2D eigenvalue weighted by Crippen LogP contribution is -2.27. The summed E-state index contributed by atoms with van der Waals surface area (Å²) in [6.07, 6.45) is -5.23. The van der Waals surface area contributed by atoms with Gasteiger partial charge in [0.1, 0.15) is 5.82 Å². The molecule has 3 rings (SSSR count). The second-order valence-electron chi connectivity index (χ2n) is 6.42. The Morgan fingerprint density at radius 3 is 2.61 bits per heavy atom. The van der Waals surface area contributed by atoms with Gasteiger partial charge in [-0.15, -0.1) is 0 Å². The predicted octanol–water partition coefficient (Wildman–Crippen LogP) is 3.27. The van der Waals surface area contributed by atoms with Crippen molar-refractivity contribution in [3.8, 4) is 11.5 Å². The Morgan fingerprint density at radius 1 is 1.25 bits per heavy atom. The number of aromatic nitrogens is 1. The lowest BCUT2D eigenvalue weighted by Gasteiger charge is -2.11. The molecule has 6 nitrogen and oxygen atoms in total. The van der Waals surface area contributed by atoms with E-state index in [1.807, 2.05) is 19.0 Å². The Balaban J connectivity index is 2.05. The summed E-state index contributed by atoms with van der Waals surface area (Å²) in [5.41, 5.74) is -2.77. The number of oxazole rings is 1. The molecule has 1 aromatic carbocycles. The van der Waals surface area contributed by atoms with Gasteiger partial charge < -0.3 is 9.32 Å². The number of hydrogen-bond acceptors (Lipinski definition) is 6. The summed E-state index contributed by atoms with van der Waals surface area (Å²) in [6.45, 7) is 0.791. The van der Waals surface area contributed by atoms with Crippen LogP contribution in [-0.4, -0.2) is 54.3 Å². The summed E-state index contributed by atoms with van der Waals surface area (Å²) >= 11 is 0. The molecule has 0 fully saturated rings. The summed E-state index contributed by atoms with van der Waals surface area (Å²) in [5.74, 6) is -3.85. The van der Waals surface area contributed by atoms with Gasteiger partial charge in [0.15, 0.2) is 5.69 Å². The molecule has 2 aromatic rings. The highest BCUT2D eigenvalue weighted by Gasteiger charge is 2.39. The summed E-state index contributed by atoms with van der Waals surface area (Å²) < 4.78 is 58.9. The third-order valence-electron chi connectivity index (χ3n) is 4.07. The first-order chi connectivity index (χ1) is 13.1. The minimum Gasteiger partial charge on any atom is -0.432 e. The number of carbonyl (C=O) groups excluding carboxylic acids is 2. The van der Waals surface area contributed by atoms with Gasteiger partial charge in [-0.25, -0.2) is 9.37 Å². The van der Waals surface area contributed by atoms with Crippen molar-refractivity contribution in [2.45, 2.75) is 12.6 Å². The number of benzene rings is 1. The van der Waals surface area contributed by atoms with Crippen LogP contribution in [-0.2, 0) is 6.18 Å². The van der Waals surface area contributed by atoms with Gasteiger partial charge in [0, 0.05) is 6.54 Å². The van der Waals surface area contributed by atoms with Crippen LogP contribution in [0.3, 0.4) is 0 Å². The van der Waals surface area contributed by atoms with Crippen LogP contribution in [0.2, 0.25) is 0 Å². The second kappa shape index (κ2) is 7.27. The smallest absolute Gasteiger partial charge is 0.417 e. The van der Waals surface area contributed by atoms with E-state index < -0.39 is 52.0 Å². The lowest BCUT2D eigenvalue weighted by atomic mass is 9.97. The Hall–Kier alpha value is -2.88. The number of aliphatic imine (C=N–C) groups is 1. The average Bonchev–Trinajstić information content (AvgIpc) is 3.03. The van der Waals surface area contributed by atoms with Crippen LogP contribution >= 0.6 is 0 Å². The number of alkyl halides is 3. The molecule has 0 radical (unpaired) electrons. The molecule has 1 aliphatic carbocycles. The van der Waals surface area contributed by atoms with E-state index in [0.717, 1.165) is 12.1 Å². The zero-order valence-electron chi connectivity index (χ0n) is 14.9. The summed E-state index contributed by atoms with van der Waals surface area (Å²) in [7, 11) is 3.62. The first-order valence-electron chi connectivity index (χ1n) is 8.22. The molecule has 0 aliphatic heterocycles. The third-order valence-corrected chi connectivity index (χ3v) is 4.07. The van der Waals surface area contributed by atoms with Gasteiger partial charge in [0.05, 0.1) is 29.8 Å². The van der Waals surface area contributed by atoms with Crippen LogP contribution in [0.4, 0.5) is 17.6 Å². The van der Waals surface area contributed by atoms with Crippen molar-refractivity contribution < 1.29 is 31.6 Å². The number of carbonyl (C=O) groups is 2. The number of nitrogens with zero attached hydrogens (tertiary/aromatic N) is 3. The fourth-order valence-electron chi connectivity index (χ4n) is 2.71. The van der Waals surface area contributed by atoms with E-state index in [1.54, 1.807) is 0 Å². The SMILES string of the molecule is CN(C)CCN=C1CC(=O)c2oc(-c3c(F)cccc3C(F)(F)F)nc2C1=O. The summed E-state index contributed by atoms with van der Waals surface area (Å²) in [4.78, 5) is 34.4. The zero-order valence-corrected chi connectivity index (χ0v) is 14.9. The maximum Gasteiger partial charge on any atom is 0.417 e. The van der Waals surface area contributed by atoms with E-state index in [-0.39, 0.29) is 18.7 Å². The highest BCUT2D eigenvalue weighted by molar-refractivity contribution is 6.52. The molecule has 0 atom stereocenters. The highest BCUT2D eigenvalue weighted by Crippen LogP contribution is 2.39. The molecule has 0 saturated carbocycles. The second-order valence-corrected chi connectivity index (χ2v) is 6.42. The number of likely N-dealkylation sites (N-methyl/N-ethyl adjacent to an activating group) is 1. The molecular formula is C18H15F4N3O3. The quantitative estimate of drug-likeness (QED) is 0.741. The fraction of sp³-hybridized carbons (Fsp3) is 0.333. The standard InChI is InChI=1S/C18H15F4N3O3/c1-25(2)7-6-23-11-8-12(26)16-14(15(11)27)24-17(28-16)13-9(18(20,21)22)4-3-5-10(13)19/h3-5H,6-8H2,1-2H3. The number of rotatable bonds is 4. The van der Waals surface area contributed by atoms with Gasteiger partial charge in [0.2, 0.25) is 23.2 Å². The maximum atomic E-state index is 14.1. The van der Waals surface area contributed by atoms with E-state index in [4.69, 9.17) is 4.42 Å². The molecule has 148 valence electrons. The molecule has 1 aliphatic rings. The van der Waals surface area contributed by atoms with Gasteiger partial charge >= 0.3 is 6.18 Å². The average molecular weight is 397 g/mol. The molecule has 10 heteroatoms. The van der Waals surface area contributed by atoms with E-state index in [2.05, 4.69) is 9.98 Å². The van der Waals surface area contributed by atoms with Crippen molar-refractivity contribution in [2.24, 2.45) is 4.99 Å². The largest absolute Gasteiger partial charge is 0.432 e.